The Morgan fingerprint density at radius 2 is 1.74 bits per heavy atom. The van der Waals surface area contributed by atoms with Gasteiger partial charge in [-0.25, -0.2) is 4.39 Å². The van der Waals surface area contributed by atoms with Crippen LogP contribution in [0.1, 0.15) is 27.9 Å². The van der Waals surface area contributed by atoms with Crippen molar-refractivity contribution in [3.63, 3.8) is 0 Å². The minimum atomic E-state index is -0.287. The third-order valence-electron chi connectivity index (χ3n) is 3.51. The van der Waals surface area contributed by atoms with E-state index in [1.54, 1.807) is 49.5 Å². The highest BCUT2D eigenvalue weighted by Gasteiger charge is 2.06. The molecule has 2 aromatic rings. The van der Waals surface area contributed by atoms with Crippen molar-refractivity contribution in [2.75, 3.05) is 7.05 Å². The van der Waals surface area contributed by atoms with Crippen LogP contribution in [0.15, 0.2) is 48.5 Å². The molecule has 0 aliphatic rings. The Kier molecular flexibility index (Phi) is 5.86. The Labute approximate surface area is 134 Å². The van der Waals surface area contributed by atoms with Gasteiger partial charge in [0.2, 0.25) is 5.91 Å². The maximum absolute atomic E-state index is 13.5. The monoisotopic (exact) mass is 314 g/mol. The van der Waals surface area contributed by atoms with E-state index < -0.39 is 0 Å². The van der Waals surface area contributed by atoms with E-state index in [1.165, 1.54) is 6.07 Å². The number of nitrogens with one attached hydrogen (secondary N) is 2. The van der Waals surface area contributed by atoms with E-state index in [0.717, 1.165) is 5.56 Å². The first-order valence-corrected chi connectivity index (χ1v) is 7.41. The zero-order valence-corrected chi connectivity index (χ0v) is 12.9. The van der Waals surface area contributed by atoms with Crippen LogP contribution < -0.4 is 10.6 Å². The predicted molar refractivity (Wildman–Crippen MR) is 86.4 cm³/mol. The molecule has 0 saturated carbocycles. The van der Waals surface area contributed by atoms with Crippen molar-refractivity contribution >= 4 is 11.8 Å². The molecule has 0 aliphatic heterocycles. The fraction of sp³-hybridized carbons (Fsp3) is 0.222. The number of carbonyl (C=O) groups is 2. The lowest BCUT2D eigenvalue weighted by Crippen LogP contribution is -2.23. The van der Waals surface area contributed by atoms with E-state index >= 15 is 0 Å². The summed E-state index contributed by atoms with van der Waals surface area (Å²) in [6.45, 7) is 0.379. The molecule has 0 atom stereocenters. The van der Waals surface area contributed by atoms with Gasteiger partial charge in [-0.15, -0.1) is 0 Å². The third kappa shape index (κ3) is 4.92. The van der Waals surface area contributed by atoms with E-state index in [-0.39, 0.29) is 24.1 Å². The van der Waals surface area contributed by atoms with Gasteiger partial charge < -0.3 is 10.6 Å². The fourth-order valence-corrected chi connectivity index (χ4v) is 2.16. The number of carbonyl (C=O) groups excluding carboxylic acids is 2. The van der Waals surface area contributed by atoms with E-state index in [9.17, 15) is 14.0 Å². The molecule has 2 N–H and O–H groups in total. The number of aryl methyl sites for hydroxylation is 1. The molecule has 2 amide bonds. The minimum Gasteiger partial charge on any atom is -0.355 e. The predicted octanol–water partition coefficient (Wildman–Crippen LogP) is 2.43. The van der Waals surface area contributed by atoms with Crippen LogP contribution in [-0.4, -0.2) is 18.9 Å². The molecule has 0 unspecified atom stereocenters. The topological polar surface area (TPSA) is 58.2 Å². The number of amides is 2. The molecule has 0 saturated heterocycles. The molecule has 4 nitrogen and oxygen atoms in total. The maximum atomic E-state index is 13.5. The Morgan fingerprint density at radius 3 is 2.39 bits per heavy atom. The van der Waals surface area contributed by atoms with Gasteiger partial charge >= 0.3 is 0 Å². The summed E-state index contributed by atoms with van der Waals surface area (Å²) in [5.41, 5.74) is 2.01. The molecular formula is C18H19FN2O2. The summed E-state index contributed by atoms with van der Waals surface area (Å²) in [6, 6.07) is 13.5. The molecule has 0 heterocycles. The lowest BCUT2D eigenvalue weighted by molar-refractivity contribution is -0.121. The largest absolute Gasteiger partial charge is 0.355 e. The van der Waals surface area contributed by atoms with Crippen molar-refractivity contribution in [1.29, 1.82) is 0 Å². The molecule has 0 spiro atoms. The zero-order valence-electron chi connectivity index (χ0n) is 12.9. The Morgan fingerprint density at radius 1 is 1.04 bits per heavy atom. The summed E-state index contributed by atoms with van der Waals surface area (Å²) in [6.07, 6.45) is 0.603. The lowest BCUT2D eigenvalue weighted by Gasteiger charge is -2.07. The molecule has 2 rings (SSSR count). The molecular weight excluding hydrogens is 295 g/mol. The van der Waals surface area contributed by atoms with Crippen molar-refractivity contribution in [2.45, 2.75) is 19.4 Å². The van der Waals surface area contributed by atoms with Crippen LogP contribution in [0.2, 0.25) is 0 Å². The van der Waals surface area contributed by atoms with E-state index in [4.69, 9.17) is 0 Å². The summed E-state index contributed by atoms with van der Waals surface area (Å²) in [5, 5.41) is 5.34. The highest BCUT2D eigenvalue weighted by molar-refractivity contribution is 5.93. The summed E-state index contributed by atoms with van der Waals surface area (Å²) in [4.78, 5) is 23.3. The molecule has 23 heavy (non-hydrogen) atoms. The van der Waals surface area contributed by atoms with E-state index in [0.29, 0.717) is 24.1 Å². The van der Waals surface area contributed by atoms with Gasteiger partial charge in [0.05, 0.1) is 0 Å². The van der Waals surface area contributed by atoms with Crippen LogP contribution in [0.25, 0.3) is 0 Å². The summed E-state index contributed by atoms with van der Waals surface area (Å²) in [5.74, 6) is -0.570. The van der Waals surface area contributed by atoms with Crippen LogP contribution in [0.4, 0.5) is 4.39 Å². The summed E-state index contributed by atoms with van der Waals surface area (Å²) < 4.78 is 13.5. The van der Waals surface area contributed by atoms with Gasteiger partial charge in [0.15, 0.2) is 0 Å². The maximum Gasteiger partial charge on any atom is 0.251 e. The van der Waals surface area contributed by atoms with Crippen molar-refractivity contribution in [2.24, 2.45) is 0 Å². The van der Waals surface area contributed by atoms with Crippen LogP contribution in [0, 0.1) is 5.82 Å². The molecule has 0 fully saturated rings. The highest BCUT2D eigenvalue weighted by atomic mass is 19.1. The quantitative estimate of drug-likeness (QED) is 0.860. The first-order valence-electron chi connectivity index (χ1n) is 7.41. The first kappa shape index (κ1) is 16.7. The summed E-state index contributed by atoms with van der Waals surface area (Å²) in [7, 11) is 1.58. The molecule has 0 bridgehead atoms. The average Bonchev–Trinajstić information content (AvgIpc) is 2.59. The normalized spacial score (nSPS) is 10.2. The van der Waals surface area contributed by atoms with Gasteiger partial charge in [-0.3, -0.25) is 9.59 Å². The molecule has 5 heteroatoms. The second kappa shape index (κ2) is 8.08. The Bertz CT molecular complexity index is 684. The van der Waals surface area contributed by atoms with Crippen molar-refractivity contribution in [1.82, 2.24) is 10.6 Å². The number of hydrogen-bond acceptors (Lipinski definition) is 2. The van der Waals surface area contributed by atoms with Gasteiger partial charge in [0.25, 0.3) is 5.91 Å². The standard InChI is InChI=1S/C18H19FN2O2/c1-20-18(23)15-8-6-13(7-9-15)12-21-17(22)11-10-14-4-2-3-5-16(14)19/h2-9H,10-12H2,1H3,(H,20,23)(H,21,22). The lowest BCUT2D eigenvalue weighted by atomic mass is 10.1. The van der Waals surface area contributed by atoms with Gasteiger partial charge in [0.1, 0.15) is 5.82 Å². The summed E-state index contributed by atoms with van der Waals surface area (Å²) >= 11 is 0. The highest BCUT2D eigenvalue weighted by Crippen LogP contribution is 2.09. The minimum absolute atomic E-state index is 0.136. The Hall–Kier alpha value is -2.69. The van der Waals surface area contributed by atoms with Crippen LogP contribution in [0.3, 0.4) is 0 Å². The second-order valence-electron chi connectivity index (χ2n) is 5.14. The SMILES string of the molecule is CNC(=O)c1ccc(CNC(=O)CCc2ccccc2F)cc1. The van der Waals surface area contributed by atoms with Crippen molar-refractivity contribution < 1.29 is 14.0 Å². The first-order chi connectivity index (χ1) is 11.1. The van der Waals surface area contributed by atoms with Crippen LogP contribution in [-0.2, 0) is 17.8 Å². The molecule has 120 valence electrons. The second-order valence-corrected chi connectivity index (χ2v) is 5.14. The third-order valence-corrected chi connectivity index (χ3v) is 3.51. The van der Waals surface area contributed by atoms with Gasteiger partial charge in [-0.2, -0.15) is 0 Å². The zero-order chi connectivity index (χ0) is 16.7. The number of rotatable bonds is 6. The molecule has 2 aromatic carbocycles. The number of benzene rings is 2. The van der Waals surface area contributed by atoms with Crippen molar-refractivity contribution in [3.8, 4) is 0 Å². The van der Waals surface area contributed by atoms with E-state index in [2.05, 4.69) is 10.6 Å². The van der Waals surface area contributed by atoms with Crippen LogP contribution in [0.5, 0.6) is 0 Å². The van der Waals surface area contributed by atoms with Gasteiger partial charge in [-0.1, -0.05) is 30.3 Å². The fourth-order valence-electron chi connectivity index (χ4n) is 2.16. The molecule has 0 aliphatic carbocycles. The Balaban J connectivity index is 1.80. The van der Waals surface area contributed by atoms with Crippen molar-refractivity contribution in [3.05, 3.63) is 71.0 Å². The van der Waals surface area contributed by atoms with E-state index in [1.807, 2.05) is 0 Å². The molecule has 0 aromatic heterocycles. The molecule has 0 radical (unpaired) electrons. The average molecular weight is 314 g/mol. The smallest absolute Gasteiger partial charge is 0.251 e. The van der Waals surface area contributed by atoms with Gasteiger partial charge in [0, 0.05) is 25.6 Å². The van der Waals surface area contributed by atoms with Gasteiger partial charge in [-0.05, 0) is 35.7 Å². The number of hydrogen-bond donors (Lipinski definition) is 2. The van der Waals surface area contributed by atoms with Crippen LogP contribution >= 0.6 is 0 Å². The number of halogens is 1.